The quantitative estimate of drug-likeness (QED) is 0.728. The third-order valence-corrected chi connectivity index (χ3v) is 6.78. The number of unbranched alkanes of at least 4 members (excludes halogenated alkanes) is 2. The monoisotopic (exact) mass is 397 g/mol. The summed E-state index contributed by atoms with van der Waals surface area (Å²) in [6, 6.07) is 4.59. The van der Waals surface area contributed by atoms with Gasteiger partial charge in [0.2, 0.25) is 0 Å². The number of piperidine rings is 1. The van der Waals surface area contributed by atoms with Crippen molar-refractivity contribution in [3.05, 3.63) is 29.0 Å². The number of hydrogen-bond donors (Lipinski definition) is 1. The van der Waals surface area contributed by atoms with Crippen LogP contribution >= 0.6 is 0 Å². The van der Waals surface area contributed by atoms with E-state index in [2.05, 4.69) is 40.9 Å². The highest BCUT2D eigenvalue weighted by atomic mass is 16.2. The number of amides is 1. The van der Waals surface area contributed by atoms with Gasteiger partial charge in [0.15, 0.2) is 5.69 Å². The highest BCUT2D eigenvalue weighted by Crippen LogP contribution is 2.30. The van der Waals surface area contributed by atoms with Crippen molar-refractivity contribution in [1.29, 1.82) is 0 Å². The lowest BCUT2D eigenvalue weighted by Gasteiger charge is -2.31. The van der Waals surface area contributed by atoms with Crippen molar-refractivity contribution in [3.63, 3.8) is 0 Å². The van der Waals surface area contributed by atoms with Crippen molar-refractivity contribution in [2.24, 2.45) is 0 Å². The summed E-state index contributed by atoms with van der Waals surface area (Å²) in [6.07, 6.45) is 8.74. The number of hydrogen-bond acceptors (Lipinski definition) is 4. The summed E-state index contributed by atoms with van der Waals surface area (Å²) < 4.78 is 0. The Morgan fingerprint density at radius 2 is 1.79 bits per heavy atom. The molecule has 0 saturated carbocycles. The minimum atomic E-state index is 0.0679. The maximum absolute atomic E-state index is 13.7. The van der Waals surface area contributed by atoms with Gasteiger partial charge in [-0.3, -0.25) is 4.79 Å². The molecule has 6 nitrogen and oxygen atoms in total. The molecule has 0 aliphatic carbocycles. The van der Waals surface area contributed by atoms with Crippen LogP contribution in [0.5, 0.6) is 0 Å². The van der Waals surface area contributed by atoms with Gasteiger partial charge in [0.1, 0.15) is 0 Å². The molecule has 2 bridgehead atoms. The molecule has 0 unspecified atom stereocenters. The Kier molecular flexibility index (Phi) is 6.09. The van der Waals surface area contributed by atoms with Crippen molar-refractivity contribution >= 4 is 16.8 Å². The van der Waals surface area contributed by atoms with Crippen LogP contribution in [0.2, 0.25) is 0 Å². The molecular formula is C23H35N5O. The minimum Gasteiger partial charge on any atom is -0.333 e. The number of carbonyl (C=O) groups is 1. The molecular weight excluding hydrogens is 362 g/mol. The number of benzene rings is 1. The number of nitrogens with two attached hydrogens (primary N) is 1. The molecule has 6 heteroatoms. The van der Waals surface area contributed by atoms with E-state index >= 15 is 0 Å². The summed E-state index contributed by atoms with van der Waals surface area (Å²) in [5.41, 5.74) is 4.09. The average molecular weight is 398 g/mol. The summed E-state index contributed by atoms with van der Waals surface area (Å²) in [7, 11) is 0. The zero-order valence-corrected chi connectivity index (χ0v) is 18.0. The van der Waals surface area contributed by atoms with Crippen LogP contribution in [0.1, 0.15) is 74.0 Å². The Morgan fingerprint density at radius 3 is 2.52 bits per heavy atom. The first-order valence-corrected chi connectivity index (χ1v) is 11.5. The predicted molar refractivity (Wildman–Crippen MR) is 118 cm³/mol. The lowest BCUT2D eigenvalue weighted by molar-refractivity contribution is 0.0680. The van der Waals surface area contributed by atoms with Crippen molar-refractivity contribution in [3.8, 4) is 0 Å². The maximum atomic E-state index is 13.7. The van der Waals surface area contributed by atoms with Crippen LogP contribution in [0.15, 0.2) is 12.1 Å². The van der Waals surface area contributed by atoms with E-state index in [0.29, 0.717) is 11.7 Å². The summed E-state index contributed by atoms with van der Waals surface area (Å²) >= 11 is 0. The topological polar surface area (TPSA) is 67.4 Å². The molecule has 3 aliphatic rings. The smallest absolute Gasteiger partial charge is 0.275 e. The van der Waals surface area contributed by atoms with Crippen molar-refractivity contribution in [1.82, 2.24) is 19.7 Å². The SMILES string of the molecule is CCCCc1ccc2c(c(C(=O)N3CCN4CCC3CC4)nn2N)c1CCCC. The molecule has 3 aliphatic heterocycles. The van der Waals surface area contributed by atoms with E-state index in [1.807, 2.05) is 0 Å². The third kappa shape index (κ3) is 3.87. The number of rotatable bonds is 7. The van der Waals surface area contributed by atoms with Crippen molar-refractivity contribution in [2.75, 3.05) is 32.0 Å². The molecule has 2 aromatic rings. The first kappa shape index (κ1) is 20.2. The summed E-state index contributed by atoms with van der Waals surface area (Å²) in [5.74, 6) is 6.29. The number of fused-ring (bicyclic) bond motifs is 5. The van der Waals surface area contributed by atoms with E-state index in [0.717, 1.165) is 82.0 Å². The van der Waals surface area contributed by atoms with Crippen LogP contribution in [0.4, 0.5) is 0 Å². The third-order valence-electron chi connectivity index (χ3n) is 6.78. The fourth-order valence-corrected chi connectivity index (χ4v) is 5.03. The van der Waals surface area contributed by atoms with Crippen LogP contribution in [0.3, 0.4) is 0 Å². The maximum Gasteiger partial charge on any atom is 0.275 e. The lowest BCUT2D eigenvalue weighted by Crippen LogP contribution is -2.42. The highest BCUT2D eigenvalue weighted by Gasteiger charge is 2.34. The van der Waals surface area contributed by atoms with E-state index in [1.165, 1.54) is 22.3 Å². The van der Waals surface area contributed by atoms with Crippen LogP contribution in [-0.2, 0) is 12.8 Å². The van der Waals surface area contributed by atoms with Crippen LogP contribution in [-0.4, -0.2) is 57.8 Å². The molecule has 3 fully saturated rings. The number of aromatic nitrogens is 2. The van der Waals surface area contributed by atoms with Gasteiger partial charge >= 0.3 is 0 Å². The molecule has 4 heterocycles. The molecule has 0 atom stereocenters. The minimum absolute atomic E-state index is 0.0679. The Balaban J connectivity index is 1.77. The number of nitrogens with zero attached hydrogens (tertiary/aromatic N) is 4. The molecule has 0 spiro atoms. The molecule has 2 N–H and O–H groups in total. The van der Waals surface area contributed by atoms with Gasteiger partial charge in [-0.25, -0.2) is 0 Å². The molecule has 1 amide bonds. The number of nitrogen functional groups attached to an aromatic ring is 1. The number of aryl methyl sites for hydroxylation is 2. The Labute approximate surface area is 174 Å². The molecule has 0 radical (unpaired) electrons. The Bertz CT molecular complexity index is 866. The average Bonchev–Trinajstić information content (AvgIpc) is 2.89. The van der Waals surface area contributed by atoms with Crippen molar-refractivity contribution in [2.45, 2.75) is 71.3 Å². The largest absolute Gasteiger partial charge is 0.333 e. The molecule has 3 saturated heterocycles. The molecule has 29 heavy (non-hydrogen) atoms. The van der Waals surface area contributed by atoms with Crippen LogP contribution in [0, 0.1) is 0 Å². The highest BCUT2D eigenvalue weighted by molar-refractivity contribution is 6.06. The van der Waals surface area contributed by atoms with Crippen molar-refractivity contribution < 1.29 is 4.79 Å². The van der Waals surface area contributed by atoms with E-state index < -0.39 is 0 Å². The zero-order valence-electron chi connectivity index (χ0n) is 18.0. The second kappa shape index (κ2) is 8.74. The fourth-order valence-electron chi connectivity index (χ4n) is 5.03. The van der Waals surface area contributed by atoms with Crippen LogP contribution in [0.25, 0.3) is 10.9 Å². The van der Waals surface area contributed by atoms with Gasteiger partial charge in [0, 0.05) is 37.6 Å². The molecule has 1 aromatic carbocycles. The van der Waals surface area contributed by atoms with Gasteiger partial charge in [0.05, 0.1) is 5.52 Å². The normalized spacial score (nSPS) is 21.7. The summed E-state index contributed by atoms with van der Waals surface area (Å²) in [6.45, 7) is 8.40. The Hall–Kier alpha value is -2.08. The standard InChI is InChI=1S/C23H35N5O/c1-3-5-7-17-9-10-20-21(19(17)8-6-4-2)22(25-28(20)24)23(29)27-16-15-26-13-11-18(27)12-14-26/h9-10,18H,3-8,11-16,24H2,1-2H3. The first-order valence-electron chi connectivity index (χ1n) is 11.5. The van der Waals surface area contributed by atoms with Gasteiger partial charge in [-0.15, -0.1) is 5.10 Å². The second-order valence-electron chi connectivity index (χ2n) is 8.67. The van der Waals surface area contributed by atoms with Crippen LogP contribution < -0.4 is 5.84 Å². The molecule has 5 rings (SSSR count). The van der Waals surface area contributed by atoms with E-state index in [9.17, 15) is 4.79 Å². The van der Waals surface area contributed by atoms with E-state index in [-0.39, 0.29) is 5.91 Å². The second-order valence-corrected chi connectivity index (χ2v) is 8.67. The van der Waals surface area contributed by atoms with E-state index in [1.54, 1.807) is 0 Å². The summed E-state index contributed by atoms with van der Waals surface area (Å²) in [4.78, 5) is 19.7. The predicted octanol–water partition coefficient (Wildman–Crippen LogP) is 3.36. The Morgan fingerprint density at radius 1 is 1.07 bits per heavy atom. The van der Waals surface area contributed by atoms with Gasteiger partial charge in [0.25, 0.3) is 5.91 Å². The molecule has 1 aromatic heterocycles. The zero-order chi connectivity index (χ0) is 20.4. The first-order chi connectivity index (χ1) is 14.1. The fraction of sp³-hybridized carbons (Fsp3) is 0.652. The van der Waals surface area contributed by atoms with Gasteiger partial charge in [-0.2, -0.15) is 4.79 Å². The summed E-state index contributed by atoms with van der Waals surface area (Å²) in [5, 5.41) is 5.56. The van der Waals surface area contributed by atoms with Gasteiger partial charge in [-0.1, -0.05) is 32.8 Å². The van der Waals surface area contributed by atoms with Gasteiger partial charge in [-0.05, 0) is 55.7 Å². The van der Waals surface area contributed by atoms with Gasteiger partial charge < -0.3 is 15.6 Å². The lowest BCUT2D eigenvalue weighted by atomic mass is 9.93. The molecule has 158 valence electrons. The number of carbonyl (C=O) groups excluding carboxylic acids is 1. The van der Waals surface area contributed by atoms with E-state index in [4.69, 9.17) is 5.84 Å².